The molecule has 0 bridgehead atoms. The molecule has 1 aromatic heterocycles. The van der Waals surface area contributed by atoms with Gasteiger partial charge < -0.3 is 14.8 Å². The monoisotopic (exact) mass is 608 g/mol. The lowest BCUT2D eigenvalue weighted by atomic mass is 9.96. The van der Waals surface area contributed by atoms with Crippen LogP contribution >= 0.6 is 0 Å². The molecule has 1 aliphatic rings. The molecule has 0 saturated heterocycles. The topological polar surface area (TPSA) is 106 Å². The van der Waals surface area contributed by atoms with Crippen LogP contribution in [0.4, 0.5) is 9.18 Å². The van der Waals surface area contributed by atoms with Crippen LogP contribution in [0.3, 0.4) is 0 Å². The molecule has 9 heteroatoms. The highest BCUT2D eigenvalue weighted by atomic mass is 19.1. The van der Waals surface area contributed by atoms with Gasteiger partial charge in [-0.25, -0.2) is 13.9 Å². The predicted octanol–water partition coefficient (Wildman–Crippen LogP) is 7.16. The van der Waals surface area contributed by atoms with E-state index < -0.39 is 23.6 Å². The van der Waals surface area contributed by atoms with Gasteiger partial charge in [0.2, 0.25) is 0 Å². The molecular formula is C36H37FN4O4. The number of nitrogens with zero attached hydrogens (tertiary/aromatic N) is 3. The van der Waals surface area contributed by atoms with Gasteiger partial charge in [0.1, 0.15) is 23.2 Å². The Kier molecular flexibility index (Phi) is 9.45. The lowest BCUT2D eigenvalue weighted by molar-refractivity contribution is 0.0523. The SMILES string of the molecule is Cc1cc(C(=O)Cc2cc(C(OCC3CC3)c3cccc(C#N)c3)ccc2F)n(-c2cccc(CNC(=O)OC(C)(C)C)c2)n1. The average molecular weight is 609 g/mol. The minimum atomic E-state index is -0.611. The van der Waals surface area contributed by atoms with Crippen molar-refractivity contribution in [3.8, 4) is 11.8 Å². The molecule has 232 valence electrons. The van der Waals surface area contributed by atoms with E-state index in [1.54, 1.807) is 68.8 Å². The van der Waals surface area contributed by atoms with Gasteiger partial charge in [-0.1, -0.05) is 30.3 Å². The zero-order chi connectivity index (χ0) is 32.1. The highest BCUT2D eigenvalue weighted by Crippen LogP contribution is 2.34. The normalized spacial score (nSPS) is 13.6. The number of nitrogens with one attached hydrogen (secondary N) is 1. The number of nitriles is 1. The smallest absolute Gasteiger partial charge is 0.407 e. The summed E-state index contributed by atoms with van der Waals surface area (Å²) < 4.78 is 28.4. The minimum Gasteiger partial charge on any atom is -0.444 e. The summed E-state index contributed by atoms with van der Waals surface area (Å²) in [5.41, 5.74) is 4.04. The third kappa shape index (κ3) is 8.43. The van der Waals surface area contributed by atoms with Gasteiger partial charge in [0, 0.05) is 13.0 Å². The fourth-order valence-electron chi connectivity index (χ4n) is 5.01. The van der Waals surface area contributed by atoms with Gasteiger partial charge in [-0.15, -0.1) is 0 Å². The Morgan fingerprint density at radius 3 is 2.56 bits per heavy atom. The molecule has 0 spiro atoms. The van der Waals surface area contributed by atoms with Crippen molar-refractivity contribution in [2.45, 2.75) is 65.2 Å². The van der Waals surface area contributed by atoms with E-state index in [0.29, 0.717) is 40.7 Å². The van der Waals surface area contributed by atoms with E-state index >= 15 is 4.39 Å². The number of carbonyl (C=O) groups excluding carboxylic acids is 2. The maximum Gasteiger partial charge on any atom is 0.407 e. The second-order valence-corrected chi connectivity index (χ2v) is 12.5. The number of aromatic nitrogens is 2. The quantitative estimate of drug-likeness (QED) is 0.181. The van der Waals surface area contributed by atoms with Gasteiger partial charge in [0.25, 0.3) is 0 Å². The first-order chi connectivity index (χ1) is 21.5. The summed E-state index contributed by atoms with van der Waals surface area (Å²) >= 11 is 0. The van der Waals surface area contributed by atoms with Gasteiger partial charge in [0.05, 0.1) is 29.6 Å². The highest BCUT2D eigenvalue weighted by Gasteiger charge is 2.26. The standard InChI is InChI=1S/C36H37FN4O4/c1-23-15-32(41(40-23)30-10-6-8-26(17-30)21-39-35(43)45-36(2,3)4)33(42)19-29-18-28(13-14-31(29)37)34(44-22-24-11-12-24)27-9-5-7-25(16-27)20-38/h5-10,13-18,24,34H,11-12,19,21-22H2,1-4H3,(H,39,43). The Balaban J connectivity index is 1.37. The number of halogens is 1. The van der Waals surface area contributed by atoms with Crippen LogP contribution in [0.15, 0.2) is 72.8 Å². The lowest BCUT2D eigenvalue weighted by Crippen LogP contribution is -2.32. The van der Waals surface area contributed by atoms with E-state index in [-0.39, 0.29) is 24.3 Å². The number of aryl methyl sites for hydroxylation is 1. The van der Waals surface area contributed by atoms with E-state index in [1.165, 1.54) is 6.07 Å². The number of carbonyl (C=O) groups is 2. The predicted molar refractivity (Wildman–Crippen MR) is 167 cm³/mol. The molecular weight excluding hydrogens is 571 g/mol. The molecule has 1 saturated carbocycles. The largest absolute Gasteiger partial charge is 0.444 e. The number of rotatable bonds is 11. The van der Waals surface area contributed by atoms with Crippen molar-refractivity contribution in [2.24, 2.45) is 5.92 Å². The van der Waals surface area contributed by atoms with E-state index in [1.807, 2.05) is 30.3 Å². The van der Waals surface area contributed by atoms with E-state index in [9.17, 15) is 14.9 Å². The summed E-state index contributed by atoms with van der Waals surface area (Å²) in [5.74, 6) is -0.286. The van der Waals surface area contributed by atoms with Crippen LogP contribution < -0.4 is 5.32 Å². The molecule has 45 heavy (non-hydrogen) atoms. The summed E-state index contributed by atoms with van der Waals surface area (Å²) in [6.45, 7) is 7.97. The number of ketones is 1. The maximum absolute atomic E-state index is 15.2. The number of alkyl carbamates (subject to hydrolysis) is 1. The van der Waals surface area contributed by atoms with Crippen LogP contribution in [-0.2, 0) is 22.4 Å². The summed E-state index contributed by atoms with van der Waals surface area (Å²) in [6, 6.07) is 23.1. The van der Waals surface area contributed by atoms with Gasteiger partial charge >= 0.3 is 6.09 Å². The molecule has 0 aliphatic heterocycles. The molecule has 5 rings (SSSR count). The first-order valence-electron chi connectivity index (χ1n) is 15.0. The maximum atomic E-state index is 15.2. The molecule has 3 aromatic carbocycles. The molecule has 1 fully saturated rings. The van der Waals surface area contributed by atoms with Gasteiger partial charge in [-0.3, -0.25) is 4.79 Å². The molecule has 1 atom stereocenters. The van der Waals surface area contributed by atoms with Crippen molar-refractivity contribution in [3.63, 3.8) is 0 Å². The summed E-state index contributed by atoms with van der Waals surface area (Å²) in [5, 5.41) is 16.7. The second kappa shape index (κ2) is 13.4. The Morgan fingerprint density at radius 1 is 1.07 bits per heavy atom. The first kappa shape index (κ1) is 31.6. The minimum absolute atomic E-state index is 0.182. The van der Waals surface area contributed by atoms with E-state index in [4.69, 9.17) is 9.47 Å². The Bertz CT molecular complexity index is 1750. The summed E-state index contributed by atoms with van der Waals surface area (Å²) in [6.07, 6.45) is 1.02. The Labute approximate surface area is 262 Å². The summed E-state index contributed by atoms with van der Waals surface area (Å²) in [4.78, 5) is 25.8. The molecule has 0 radical (unpaired) electrons. The molecule has 1 N–H and O–H groups in total. The lowest BCUT2D eigenvalue weighted by Gasteiger charge is -2.20. The van der Waals surface area contributed by atoms with Gasteiger partial charge in [-0.05, 0) is 111 Å². The van der Waals surface area contributed by atoms with Crippen molar-refractivity contribution in [1.29, 1.82) is 5.26 Å². The van der Waals surface area contributed by atoms with E-state index in [2.05, 4.69) is 16.5 Å². The van der Waals surface area contributed by atoms with Gasteiger partial charge in [-0.2, -0.15) is 10.4 Å². The third-order valence-corrected chi connectivity index (χ3v) is 7.35. The van der Waals surface area contributed by atoms with Crippen molar-refractivity contribution >= 4 is 11.9 Å². The van der Waals surface area contributed by atoms with Crippen LogP contribution in [0.2, 0.25) is 0 Å². The van der Waals surface area contributed by atoms with Crippen molar-refractivity contribution in [2.75, 3.05) is 6.61 Å². The van der Waals surface area contributed by atoms with Gasteiger partial charge in [0.15, 0.2) is 5.78 Å². The second-order valence-electron chi connectivity index (χ2n) is 12.5. The molecule has 8 nitrogen and oxygen atoms in total. The fraction of sp³-hybridized carbons (Fsp3) is 0.333. The highest BCUT2D eigenvalue weighted by molar-refractivity contribution is 5.96. The first-order valence-corrected chi connectivity index (χ1v) is 15.0. The van der Waals surface area contributed by atoms with Crippen molar-refractivity contribution in [1.82, 2.24) is 15.1 Å². The molecule has 1 unspecified atom stereocenters. The van der Waals surface area contributed by atoms with Crippen LogP contribution in [-0.4, -0.2) is 33.9 Å². The van der Waals surface area contributed by atoms with Crippen LogP contribution in [0, 0.1) is 30.0 Å². The molecule has 1 amide bonds. The Hall–Kier alpha value is -4.81. The zero-order valence-corrected chi connectivity index (χ0v) is 26.0. The molecule has 1 heterocycles. The molecule has 4 aromatic rings. The van der Waals surface area contributed by atoms with Crippen LogP contribution in [0.25, 0.3) is 5.69 Å². The fourth-order valence-corrected chi connectivity index (χ4v) is 5.01. The third-order valence-electron chi connectivity index (χ3n) is 7.35. The number of amides is 1. The number of Topliss-reactive ketones (excluding diaryl/α,β-unsaturated/α-hetero) is 1. The number of hydrogen-bond acceptors (Lipinski definition) is 6. The number of hydrogen-bond donors (Lipinski definition) is 1. The number of ether oxygens (including phenoxy) is 2. The van der Waals surface area contributed by atoms with Crippen LogP contribution in [0.5, 0.6) is 0 Å². The van der Waals surface area contributed by atoms with E-state index in [0.717, 1.165) is 24.0 Å². The van der Waals surface area contributed by atoms with Crippen molar-refractivity contribution in [3.05, 3.63) is 118 Å². The Morgan fingerprint density at radius 2 is 1.82 bits per heavy atom. The average Bonchev–Trinajstić information content (AvgIpc) is 3.75. The van der Waals surface area contributed by atoms with Crippen molar-refractivity contribution < 1.29 is 23.5 Å². The number of benzene rings is 3. The zero-order valence-electron chi connectivity index (χ0n) is 26.0. The summed E-state index contributed by atoms with van der Waals surface area (Å²) in [7, 11) is 0. The van der Waals surface area contributed by atoms with Crippen LogP contribution in [0.1, 0.15) is 83.7 Å². The molecule has 1 aliphatic carbocycles.